The van der Waals surface area contributed by atoms with Gasteiger partial charge in [-0.05, 0) is 0 Å². The van der Waals surface area contributed by atoms with Crippen molar-refractivity contribution in [3.63, 3.8) is 0 Å². The van der Waals surface area contributed by atoms with Gasteiger partial charge in [0.15, 0.2) is 6.10 Å². The first-order valence-corrected chi connectivity index (χ1v) is 8.10. The van der Waals surface area contributed by atoms with Crippen molar-refractivity contribution >= 4 is 23.9 Å². The van der Waals surface area contributed by atoms with Gasteiger partial charge in [-0.15, -0.1) is 0 Å². The van der Waals surface area contributed by atoms with Gasteiger partial charge in [0.1, 0.15) is 24.4 Å². The SMILES string of the molecule is CC(=O)O.CC(=O)O.CC(=O)O.CC(=O)O.O=[N+]([O-])CC1O[C@H](CO)[C@@H](O)[C@H](O)[C@H]1O. The average Bonchev–Trinajstić information content (AvgIpc) is 2.53. The lowest BCUT2D eigenvalue weighted by Gasteiger charge is -2.38. The first-order valence-electron chi connectivity index (χ1n) is 8.10. The monoisotopic (exact) mass is 463 g/mol. The summed E-state index contributed by atoms with van der Waals surface area (Å²) in [6.45, 7) is 3.06. The topological polar surface area (TPSA) is 282 Å². The Hall–Kier alpha value is -2.92. The molecule has 31 heavy (non-hydrogen) atoms. The molecule has 1 saturated heterocycles. The van der Waals surface area contributed by atoms with E-state index in [2.05, 4.69) is 0 Å². The summed E-state index contributed by atoms with van der Waals surface area (Å²) in [4.78, 5) is 45.5. The molecule has 1 rings (SSSR count). The third kappa shape index (κ3) is 32.0. The molecule has 1 heterocycles. The molecule has 1 aliphatic rings. The van der Waals surface area contributed by atoms with Crippen LogP contribution in [0.25, 0.3) is 0 Å². The Morgan fingerprint density at radius 1 is 0.742 bits per heavy atom. The lowest BCUT2D eigenvalue weighted by atomic mass is 9.95. The van der Waals surface area contributed by atoms with E-state index in [1.807, 2.05) is 0 Å². The van der Waals surface area contributed by atoms with E-state index in [1.165, 1.54) is 0 Å². The van der Waals surface area contributed by atoms with Gasteiger partial charge >= 0.3 is 0 Å². The molecular weight excluding hydrogens is 434 g/mol. The molecule has 8 N–H and O–H groups in total. The molecule has 0 bridgehead atoms. The quantitative estimate of drug-likeness (QED) is 0.158. The van der Waals surface area contributed by atoms with Crippen molar-refractivity contribution in [1.29, 1.82) is 0 Å². The second-order valence-corrected chi connectivity index (χ2v) is 5.46. The summed E-state index contributed by atoms with van der Waals surface area (Å²) >= 11 is 0. The minimum Gasteiger partial charge on any atom is -0.481 e. The van der Waals surface area contributed by atoms with E-state index in [0.717, 1.165) is 27.7 Å². The molecule has 0 saturated carbocycles. The number of hydrogen-bond acceptors (Lipinski definition) is 11. The van der Waals surface area contributed by atoms with Gasteiger partial charge in [0.05, 0.1) is 6.61 Å². The van der Waals surface area contributed by atoms with Crippen LogP contribution >= 0.6 is 0 Å². The second kappa shape index (κ2) is 20.4. The Bertz CT molecular complexity index is 487. The van der Waals surface area contributed by atoms with E-state index >= 15 is 0 Å². The molecule has 1 unspecified atom stereocenters. The maximum Gasteiger partial charge on any atom is 0.300 e. The van der Waals surface area contributed by atoms with Crippen molar-refractivity contribution in [3.05, 3.63) is 10.1 Å². The third-order valence-corrected chi connectivity index (χ3v) is 2.32. The summed E-state index contributed by atoms with van der Waals surface area (Å²) in [5, 5.41) is 76.6. The van der Waals surface area contributed by atoms with Crippen molar-refractivity contribution in [2.45, 2.75) is 58.2 Å². The first kappa shape index (κ1) is 35.5. The molecule has 16 nitrogen and oxygen atoms in total. The summed E-state index contributed by atoms with van der Waals surface area (Å²) in [7, 11) is 0. The molecule has 0 radical (unpaired) electrons. The molecule has 0 aromatic carbocycles. The summed E-state index contributed by atoms with van der Waals surface area (Å²) < 4.78 is 4.89. The summed E-state index contributed by atoms with van der Waals surface area (Å²) in [6, 6.07) is 0. The van der Waals surface area contributed by atoms with Crippen LogP contribution in [0.15, 0.2) is 0 Å². The fourth-order valence-corrected chi connectivity index (χ4v) is 1.48. The number of carboxylic acid groups (broad SMARTS) is 4. The smallest absolute Gasteiger partial charge is 0.300 e. The van der Waals surface area contributed by atoms with Gasteiger partial charge in [0.25, 0.3) is 23.9 Å². The van der Waals surface area contributed by atoms with E-state index in [1.54, 1.807) is 0 Å². The molecule has 5 atom stereocenters. The molecule has 1 aliphatic heterocycles. The van der Waals surface area contributed by atoms with Crippen LogP contribution in [-0.2, 0) is 23.9 Å². The van der Waals surface area contributed by atoms with Crippen LogP contribution in [0.2, 0.25) is 0 Å². The first-order chi connectivity index (χ1) is 13.9. The molecule has 0 spiro atoms. The van der Waals surface area contributed by atoms with Crippen molar-refractivity contribution in [2.24, 2.45) is 0 Å². The van der Waals surface area contributed by atoms with Gasteiger partial charge in [-0.1, -0.05) is 0 Å². The Kier molecular flexibility index (Phi) is 23.3. The van der Waals surface area contributed by atoms with Gasteiger partial charge in [0, 0.05) is 32.6 Å². The molecular formula is C15H29NO15. The Labute approximate surface area is 176 Å². The van der Waals surface area contributed by atoms with Crippen LogP contribution in [0.4, 0.5) is 0 Å². The number of hydrogen-bond donors (Lipinski definition) is 8. The van der Waals surface area contributed by atoms with Crippen molar-refractivity contribution in [2.75, 3.05) is 13.2 Å². The maximum absolute atomic E-state index is 10.2. The number of rotatable bonds is 3. The molecule has 0 aliphatic carbocycles. The lowest BCUT2D eigenvalue weighted by Crippen LogP contribution is -2.60. The molecule has 16 heteroatoms. The molecule has 184 valence electrons. The molecule has 0 amide bonds. The Morgan fingerprint density at radius 3 is 1.23 bits per heavy atom. The fourth-order valence-electron chi connectivity index (χ4n) is 1.48. The van der Waals surface area contributed by atoms with Crippen LogP contribution in [0.5, 0.6) is 0 Å². The van der Waals surface area contributed by atoms with Gasteiger partial charge in [0.2, 0.25) is 6.54 Å². The maximum atomic E-state index is 10.2. The zero-order valence-electron chi connectivity index (χ0n) is 17.2. The highest BCUT2D eigenvalue weighted by Gasteiger charge is 2.45. The average molecular weight is 463 g/mol. The van der Waals surface area contributed by atoms with E-state index in [4.69, 9.17) is 49.4 Å². The molecule has 0 aromatic heterocycles. The summed E-state index contributed by atoms with van der Waals surface area (Å²) in [5.74, 6) is -3.33. The zero-order chi connectivity index (χ0) is 25.9. The van der Waals surface area contributed by atoms with Crippen LogP contribution < -0.4 is 0 Å². The fraction of sp³-hybridized carbons (Fsp3) is 0.733. The second-order valence-electron chi connectivity index (χ2n) is 5.46. The van der Waals surface area contributed by atoms with E-state index in [9.17, 15) is 25.4 Å². The number of aliphatic hydroxyl groups excluding tert-OH is 4. The van der Waals surface area contributed by atoms with Crippen molar-refractivity contribution in [1.82, 2.24) is 0 Å². The number of ether oxygens (including phenoxy) is 1. The highest BCUT2D eigenvalue weighted by Crippen LogP contribution is 2.21. The number of carbonyl (C=O) groups is 4. The van der Waals surface area contributed by atoms with Crippen molar-refractivity contribution in [3.8, 4) is 0 Å². The lowest BCUT2D eigenvalue weighted by molar-refractivity contribution is -0.499. The number of nitro groups is 1. The van der Waals surface area contributed by atoms with Crippen LogP contribution in [-0.4, -0.2) is 113 Å². The van der Waals surface area contributed by atoms with Gasteiger partial charge < -0.3 is 45.6 Å². The van der Waals surface area contributed by atoms with E-state index in [0.29, 0.717) is 0 Å². The van der Waals surface area contributed by atoms with Gasteiger partial charge in [-0.25, -0.2) is 0 Å². The van der Waals surface area contributed by atoms with Crippen LogP contribution in [0.3, 0.4) is 0 Å². The van der Waals surface area contributed by atoms with Crippen molar-refractivity contribution < 1.29 is 69.7 Å². The Morgan fingerprint density at radius 2 is 1.00 bits per heavy atom. The standard InChI is InChI=1S/C7H13NO7.4C2H4O2/c9-2-4-6(11)7(12)5(10)3(15-4)1-8(13)14;4*1-2(3)4/h3-7,9-12H,1-2H2;4*1H3,(H,3,4)/t3?,4-,5+,6-,7-;;;;/m1..../s1. The van der Waals surface area contributed by atoms with Gasteiger partial charge in [-0.2, -0.15) is 0 Å². The highest BCUT2D eigenvalue weighted by atomic mass is 16.6. The van der Waals surface area contributed by atoms with E-state index in [-0.39, 0.29) is 0 Å². The predicted molar refractivity (Wildman–Crippen MR) is 98.9 cm³/mol. The highest BCUT2D eigenvalue weighted by molar-refractivity contribution is 5.63. The Balaban J connectivity index is -0.000000187. The van der Waals surface area contributed by atoms with Gasteiger partial charge in [-0.3, -0.25) is 29.3 Å². The minimum atomic E-state index is -1.55. The number of aliphatic carboxylic acids is 4. The zero-order valence-corrected chi connectivity index (χ0v) is 17.2. The van der Waals surface area contributed by atoms with Crippen LogP contribution in [0.1, 0.15) is 27.7 Å². The largest absolute Gasteiger partial charge is 0.481 e. The number of carboxylic acids is 4. The third-order valence-electron chi connectivity index (χ3n) is 2.32. The number of nitrogens with zero attached hydrogens (tertiary/aromatic N) is 1. The van der Waals surface area contributed by atoms with E-state index < -0.39 is 72.5 Å². The normalized spacial score (nSPS) is 23.3. The summed E-state index contributed by atoms with van der Waals surface area (Å²) in [6.07, 6.45) is -6.88. The summed E-state index contributed by atoms with van der Waals surface area (Å²) in [5.41, 5.74) is 0. The predicted octanol–water partition coefficient (Wildman–Crippen LogP) is -2.53. The van der Waals surface area contributed by atoms with Crippen LogP contribution in [0, 0.1) is 10.1 Å². The number of aliphatic hydroxyl groups is 4. The minimum absolute atomic E-state index is 0.584. The molecule has 1 fully saturated rings. The molecule has 0 aromatic rings.